The first-order valence-electron chi connectivity index (χ1n) is 7.47. The third-order valence-corrected chi connectivity index (χ3v) is 6.36. The van der Waals surface area contributed by atoms with Gasteiger partial charge in [0, 0.05) is 5.69 Å². The zero-order valence-electron chi connectivity index (χ0n) is 13.1. The van der Waals surface area contributed by atoms with Gasteiger partial charge >= 0.3 is 0 Å². The van der Waals surface area contributed by atoms with Crippen LogP contribution in [0.3, 0.4) is 0 Å². The fourth-order valence-corrected chi connectivity index (χ4v) is 4.84. The van der Waals surface area contributed by atoms with E-state index in [0.29, 0.717) is 11.3 Å². The molecule has 1 atom stereocenters. The molecule has 1 aliphatic heterocycles. The molecule has 0 saturated heterocycles. The van der Waals surface area contributed by atoms with E-state index < -0.39 is 15.2 Å². The second kappa shape index (κ2) is 5.13. The van der Waals surface area contributed by atoms with Crippen LogP contribution in [-0.4, -0.2) is 13.8 Å². The van der Waals surface area contributed by atoms with Gasteiger partial charge in [-0.25, -0.2) is 8.42 Å². The molecule has 0 spiro atoms. The molecular formula is C18H21NO2S. The largest absolute Gasteiger partial charge is 0.369 e. The van der Waals surface area contributed by atoms with Crippen LogP contribution in [0.5, 0.6) is 0 Å². The predicted octanol–water partition coefficient (Wildman–Crippen LogP) is 3.89. The van der Waals surface area contributed by atoms with Crippen molar-refractivity contribution in [2.45, 2.75) is 42.9 Å². The molecule has 3 nitrogen and oxygen atoms in total. The van der Waals surface area contributed by atoms with Crippen molar-refractivity contribution in [1.82, 2.24) is 0 Å². The van der Waals surface area contributed by atoms with Crippen LogP contribution in [-0.2, 0) is 15.3 Å². The SMILES string of the molecule is Cc1ccc(S(=O)(=O)C2CC(C)(C)c3ccccc3N2)cc1. The lowest BCUT2D eigenvalue weighted by Crippen LogP contribution is -2.41. The van der Waals surface area contributed by atoms with Crippen LogP contribution in [0, 0.1) is 6.92 Å². The van der Waals surface area contributed by atoms with Crippen LogP contribution in [0.1, 0.15) is 31.4 Å². The zero-order chi connectivity index (χ0) is 16.0. The third-order valence-electron chi connectivity index (χ3n) is 4.39. The fraction of sp³-hybridized carbons (Fsp3) is 0.333. The van der Waals surface area contributed by atoms with Gasteiger partial charge in [-0.15, -0.1) is 0 Å². The van der Waals surface area contributed by atoms with Crippen molar-refractivity contribution in [2.24, 2.45) is 0 Å². The molecule has 0 saturated carbocycles. The number of fused-ring (bicyclic) bond motifs is 1. The first kappa shape index (κ1) is 15.1. The van der Waals surface area contributed by atoms with E-state index in [1.54, 1.807) is 12.1 Å². The molecule has 3 rings (SSSR count). The minimum atomic E-state index is -3.40. The molecule has 0 amide bonds. The van der Waals surface area contributed by atoms with Crippen molar-refractivity contribution < 1.29 is 8.42 Å². The van der Waals surface area contributed by atoms with Crippen LogP contribution in [0.2, 0.25) is 0 Å². The summed E-state index contributed by atoms with van der Waals surface area (Å²) in [6.45, 7) is 6.16. The Morgan fingerprint density at radius 3 is 2.36 bits per heavy atom. The van der Waals surface area contributed by atoms with Gasteiger partial charge in [-0.1, -0.05) is 49.7 Å². The normalized spacial score (nSPS) is 20.0. The molecule has 4 heteroatoms. The van der Waals surface area contributed by atoms with E-state index in [9.17, 15) is 8.42 Å². The van der Waals surface area contributed by atoms with E-state index in [1.165, 1.54) is 5.56 Å². The summed E-state index contributed by atoms with van der Waals surface area (Å²) in [5.74, 6) is 0. The van der Waals surface area contributed by atoms with Crippen LogP contribution in [0.25, 0.3) is 0 Å². The van der Waals surface area contributed by atoms with E-state index in [2.05, 4.69) is 25.2 Å². The van der Waals surface area contributed by atoms with Crippen LogP contribution in [0.15, 0.2) is 53.4 Å². The highest BCUT2D eigenvalue weighted by molar-refractivity contribution is 7.92. The number of anilines is 1. The highest BCUT2D eigenvalue weighted by Gasteiger charge is 2.39. The van der Waals surface area contributed by atoms with Crippen molar-refractivity contribution >= 4 is 15.5 Å². The van der Waals surface area contributed by atoms with Crippen LogP contribution < -0.4 is 5.32 Å². The Hall–Kier alpha value is -1.81. The van der Waals surface area contributed by atoms with Crippen LogP contribution in [0.4, 0.5) is 5.69 Å². The van der Waals surface area contributed by atoms with Crippen molar-refractivity contribution in [3.8, 4) is 0 Å². The van der Waals surface area contributed by atoms with Gasteiger partial charge in [0.05, 0.1) is 4.90 Å². The van der Waals surface area contributed by atoms with E-state index >= 15 is 0 Å². The molecular weight excluding hydrogens is 294 g/mol. The Kier molecular flexibility index (Phi) is 3.52. The lowest BCUT2D eigenvalue weighted by molar-refractivity contribution is 0.454. The second-order valence-corrected chi connectivity index (χ2v) is 8.76. The smallest absolute Gasteiger partial charge is 0.199 e. The lowest BCUT2D eigenvalue weighted by atomic mass is 9.78. The number of aryl methyl sites for hydroxylation is 1. The van der Waals surface area contributed by atoms with Crippen molar-refractivity contribution in [2.75, 3.05) is 5.32 Å². The summed E-state index contributed by atoms with van der Waals surface area (Å²) in [6.07, 6.45) is 0.556. The highest BCUT2D eigenvalue weighted by atomic mass is 32.2. The van der Waals surface area contributed by atoms with E-state index in [-0.39, 0.29) is 5.41 Å². The van der Waals surface area contributed by atoms with Crippen molar-refractivity contribution in [3.05, 3.63) is 59.7 Å². The van der Waals surface area contributed by atoms with Crippen molar-refractivity contribution in [1.29, 1.82) is 0 Å². The predicted molar refractivity (Wildman–Crippen MR) is 89.9 cm³/mol. The van der Waals surface area contributed by atoms with E-state index in [0.717, 1.165) is 11.3 Å². The van der Waals surface area contributed by atoms with E-state index in [4.69, 9.17) is 0 Å². The van der Waals surface area contributed by atoms with Gasteiger partial charge in [-0.2, -0.15) is 0 Å². The highest BCUT2D eigenvalue weighted by Crippen LogP contribution is 2.41. The topological polar surface area (TPSA) is 46.2 Å². The summed E-state index contributed by atoms with van der Waals surface area (Å²) in [5, 5.41) is 2.62. The summed E-state index contributed by atoms with van der Waals surface area (Å²) < 4.78 is 25.9. The number of rotatable bonds is 2. The van der Waals surface area contributed by atoms with Gasteiger partial charge < -0.3 is 5.32 Å². The maximum atomic E-state index is 12.9. The quantitative estimate of drug-likeness (QED) is 0.914. The Balaban J connectivity index is 2.02. The number of hydrogen-bond acceptors (Lipinski definition) is 3. The summed E-state index contributed by atoms with van der Waals surface area (Å²) >= 11 is 0. The molecule has 0 aliphatic carbocycles. The molecule has 0 aromatic heterocycles. The molecule has 0 radical (unpaired) electrons. The number of sulfone groups is 1. The summed E-state index contributed by atoms with van der Waals surface area (Å²) in [5.41, 5.74) is 2.97. The first-order valence-corrected chi connectivity index (χ1v) is 9.02. The fourth-order valence-electron chi connectivity index (χ4n) is 3.08. The molecule has 1 N–H and O–H groups in total. The van der Waals surface area contributed by atoms with Crippen LogP contribution >= 0.6 is 0 Å². The van der Waals surface area contributed by atoms with Gasteiger partial charge in [0.2, 0.25) is 0 Å². The number of nitrogens with one attached hydrogen (secondary N) is 1. The minimum absolute atomic E-state index is 0.176. The zero-order valence-corrected chi connectivity index (χ0v) is 13.9. The average Bonchev–Trinajstić information content (AvgIpc) is 2.47. The van der Waals surface area contributed by atoms with Crippen molar-refractivity contribution in [3.63, 3.8) is 0 Å². The standard InChI is InChI=1S/C18H21NO2S/c1-13-8-10-14(11-9-13)22(20,21)17-12-18(2,3)15-6-4-5-7-16(15)19-17/h4-11,17,19H,12H2,1-3H3. The van der Waals surface area contributed by atoms with Gasteiger partial charge in [0.25, 0.3) is 0 Å². The van der Waals surface area contributed by atoms with Gasteiger partial charge in [0.15, 0.2) is 9.84 Å². The number of benzene rings is 2. The first-order chi connectivity index (χ1) is 10.3. The second-order valence-electron chi connectivity index (χ2n) is 6.62. The Bertz CT molecular complexity index is 792. The van der Waals surface area contributed by atoms with Gasteiger partial charge in [-0.3, -0.25) is 0 Å². The molecule has 1 heterocycles. The maximum Gasteiger partial charge on any atom is 0.199 e. The molecule has 2 aromatic carbocycles. The molecule has 116 valence electrons. The summed E-state index contributed by atoms with van der Waals surface area (Å²) in [6, 6.07) is 15.0. The minimum Gasteiger partial charge on any atom is -0.369 e. The maximum absolute atomic E-state index is 12.9. The Morgan fingerprint density at radius 2 is 1.68 bits per heavy atom. The molecule has 1 unspecified atom stereocenters. The summed E-state index contributed by atoms with van der Waals surface area (Å²) in [7, 11) is -3.40. The van der Waals surface area contributed by atoms with Gasteiger partial charge in [0.1, 0.15) is 5.37 Å². The summed E-state index contributed by atoms with van der Waals surface area (Å²) in [4.78, 5) is 0.380. The number of para-hydroxylation sites is 1. The molecule has 0 fully saturated rings. The average molecular weight is 315 g/mol. The Labute approximate surface area is 132 Å². The Morgan fingerprint density at radius 1 is 1.05 bits per heavy atom. The van der Waals surface area contributed by atoms with E-state index in [1.807, 2.05) is 37.3 Å². The number of hydrogen-bond donors (Lipinski definition) is 1. The molecule has 2 aromatic rings. The monoisotopic (exact) mass is 315 g/mol. The lowest BCUT2D eigenvalue weighted by Gasteiger charge is -2.38. The molecule has 0 bridgehead atoms. The third kappa shape index (κ3) is 2.52. The molecule has 1 aliphatic rings. The van der Waals surface area contributed by atoms with Gasteiger partial charge in [-0.05, 0) is 42.5 Å². The molecule has 22 heavy (non-hydrogen) atoms.